The lowest BCUT2D eigenvalue weighted by molar-refractivity contribution is -0.116. The quantitative estimate of drug-likeness (QED) is 0.889. The second-order valence-electron chi connectivity index (χ2n) is 5.54. The average molecular weight is 317 g/mol. The fourth-order valence-electron chi connectivity index (χ4n) is 2.56. The summed E-state index contributed by atoms with van der Waals surface area (Å²) in [5.74, 6) is 1.15. The highest BCUT2D eigenvalue weighted by Crippen LogP contribution is 2.29. The van der Waals surface area contributed by atoms with E-state index in [9.17, 15) is 4.79 Å². The van der Waals surface area contributed by atoms with Crippen LogP contribution in [0.2, 0.25) is 0 Å². The van der Waals surface area contributed by atoms with E-state index in [1.807, 2.05) is 31.5 Å². The third-order valence-electron chi connectivity index (χ3n) is 3.62. The summed E-state index contributed by atoms with van der Waals surface area (Å²) < 4.78 is 12.3. The zero-order chi connectivity index (χ0) is 17.0. The van der Waals surface area contributed by atoms with Gasteiger partial charge in [0.1, 0.15) is 11.5 Å². The van der Waals surface area contributed by atoms with Gasteiger partial charge in [-0.25, -0.2) is 0 Å². The van der Waals surface area contributed by atoms with Gasteiger partial charge in [-0.2, -0.15) is 5.10 Å². The van der Waals surface area contributed by atoms with Gasteiger partial charge in [-0.05, 0) is 39.0 Å². The molecule has 0 saturated heterocycles. The molecule has 1 aromatic heterocycles. The van der Waals surface area contributed by atoms with Crippen LogP contribution in [-0.2, 0) is 4.79 Å². The van der Waals surface area contributed by atoms with Gasteiger partial charge in [0.05, 0.1) is 31.6 Å². The Bertz CT molecular complexity index is 694. The summed E-state index contributed by atoms with van der Waals surface area (Å²) in [5, 5.41) is 7.30. The van der Waals surface area contributed by atoms with Crippen LogP contribution in [0.15, 0.2) is 24.3 Å². The molecule has 1 atom stereocenters. The van der Waals surface area contributed by atoms with E-state index in [1.54, 1.807) is 32.4 Å². The minimum atomic E-state index is -0.100. The van der Waals surface area contributed by atoms with Gasteiger partial charge in [-0.1, -0.05) is 0 Å². The lowest BCUT2D eigenvalue weighted by Gasteiger charge is -2.16. The molecule has 0 aliphatic carbocycles. The van der Waals surface area contributed by atoms with Crippen LogP contribution in [0, 0.1) is 13.8 Å². The number of ether oxygens (including phenoxy) is 2. The van der Waals surface area contributed by atoms with E-state index >= 15 is 0 Å². The number of aryl methyl sites for hydroxylation is 2. The van der Waals surface area contributed by atoms with Crippen molar-refractivity contribution < 1.29 is 14.3 Å². The molecule has 0 aliphatic rings. The molecule has 0 fully saturated rings. The van der Waals surface area contributed by atoms with Crippen molar-refractivity contribution in [3.63, 3.8) is 0 Å². The van der Waals surface area contributed by atoms with E-state index in [1.165, 1.54) is 0 Å². The Morgan fingerprint density at radius 2 is 2.00 bits per heavy atom. The van der Waals surface area contributed by atoms with Gasteiger partial charge in [0.25, 0.3) is 0 Å². The fourth-order valence-corrected chi connectivity index (χ4v) is 2.56. The van der Waals surface area contributed by atoms with E-state index in [0.717, 1.165) is 11.4 Å². The zero-order valence-corrected chi connectivity index (χ0v) is 14.2. The Kier molecular flexibility index (Phi) is 5.26. The molecule has 0 spiro atoms. The Hall–Kier alpha value is -2.50. The third-order valence-corrected chi connectivity index (χ3v) is 3.62. The first-order chi connectivity index (χ1) is 10.9. The Balaban J connectivity index is 2.09. The molecule has 0 unspecified atom stereocenters. The van der Waals surface area contributed by atoms with E-state index in [4.69, 9.17) is 9.47 Å². The van der Waals surface area contributed by atoms with Gasteiger partial charge >= 0.3 is 0 Å². The molecule has 1 amide bonds. The van der Waals surface area contributed by atoms with Crippen LogP contribution in [0.25, 0.3) is 0 Å². The van der Waals surface area contributed by atoms with Crippen molar-refractivity contribution in [2.45, 2.75) is 33.2 Å². The second kappa shape index (κ2) is 7.17. The van der Waals surface area contributed by atoms with E-state index < -0.39 is 0 Å². The second-order valence-corrected chi connectivity index (χ2v) is 5.54. The SMILES string of the molecule is COc1ccc(OC)c(NC(=O)C[C@H](C)n2nc(C)cc2C)c1. The maximum atomic E-state index is 12.3. The van der Waals surface area contributed by atoms with Crippen molar-refractivity contribution >= 4 is 11.6 Å². The fraction of sp³-hybridized carbons (Fsp3) is 0.412. The predicted octanol–water partition coefficient (Wildman–Crippen LogP) is 3.11. The molecule has 2 rings (SSSR count). The first kappa shape index (κ1) is 16.9. The van der Waals surface area contributed by atoms with Gasteiger partial charge in [-0.15, -0.1) is 0 Å². The monoisotopic (exact) mass is 317 g/mol. The first-order valence-electron chi connectivity index (χ1n) is 7.49. The highest BCUT2D eigenvalue weighted by molar-refractivity contribution is 5.92. The molecular weight excluding hydrogens is 294 g/mol. The van der Waals surface area contributed by atoms with Crippen LogP contribution in [-0.4, -0.2) is 29.9 Å². The summed E-state index contributed by atoms with van der Waals surface area (Å²) in [6.07, 6.45) is 0.322. The van der Waals surface area contributed by atoms with Crippen LogP contribution in [0.4, 0.5) is 5.69 Å². The standard InChI is InChI=1S/C17H23N3O3/c1-11-8-12(2)20(19-11)13(3)9-17(21)18-15-10-14(22-4)6-7-16(15)23-5/h6-8,10,13H,9H2,1-5H3,(H,18,21)/t13-/m0/s1. The van der Waals surface area contributed by atoms with Gasteiger partial charge in [-0.3, -0.25) is 9.48 Å². The number of hydrogen-bond acceptors (Lipinski definition) is 4. The summed E-state index contributed by atoms with van der Waals surface area (Å²) in [6.45, 7) is 5.90. The Morgan fingerprint density at radius 1 is 1.26 bits per heavy atom. The number of carbonyl (C=O) groups is 1. The van der Waals surface area contributed by atoms with Crippen LogP contribution in [0.1, 0.15) is 30.8 Å². The molecule has 124 valence electrons. The van der Waals surface area contributed by atoms with Crippen LogP contribution in [0.5, 0.6) is 11.5 Å². The molecular formula is C17H23N3O3. The highest BCUT2D eigenvalue weighted by Gasteiger charge is 2.15. The third kappa shape index (κ3) is 4.03. The number of benzene rings is 1. The molecule has 23 heavy (non-hydrogen) atoms. The smallest absolute Gasteiger partial charge is 0.226 e. The summed E-state index contributed by atoms with van der Waals surface area (Å²) in [4.78, 5) is 12.3. The lowest BCUT2D eigenvalue weighted by Crippen LogP contribution is -2.19. The van der Waals surface area contributed by atoms with Crippen molar-refractivity contribution in [3.05, 3.63) is 35.7 Å². The molecule has 6 nitrogen and oxygen atoms in total. The van der Waals surface area contributed by atoms with Crippen molar-refractivity contribution in [1.82, 2.24) is 9.78 Å². The van der Waals surface area contributed by atoms with Gasteiger partial charge in [0.2, 0.25) is 5.91 Å². The van der Waals surface area contributed by atoms with Crippen molar-refractivity contribution in [2.24, 2.45) is 0 Å². The summed E-state index contributed by atoms with van der Waals surface area (Å²) in [7, 11) is 3.15. The summed E-state index contributed by atoms with van der Waals surface area (Å²) >= 11 is 0. The number of nitrogens with zero attached hydrogens (tertiary/aromatic N) is 2. The lowest BCUT2D eigenvalue weighted by atomic mass is 10.2. The van der Waals surface area contributed by atoms with Crippen LogP contribution >= 0.6 is 0 Å². The first-order valence-corrected chi connectivity index (χ1v) is 7.49. The normalized spacial score (nSPS) is 11.9. The molecule has 1 heterocycles. The van der Waals surface area contributed by atoms with Crippen molar-refractivity contribution in [3.8, 4) is 11.5 Å². The summed E-state index contributed by atoms with van der Waals surface area (Å²) in [6, 6.07) is 7.26. The number of carbonyl (C=O) groups excluding carboxylic acids is 1. The average Bonchev–Trinajstić information content (AvgIpc) is 2.85. The molecule has 0 radical (unpaired) electrons. The highest BCUT2D eigenvalue weighted by atomic mass is 16.5. The molecule has 0 aliphatic heterocycles. The van der Waals surface area contributed by atoms with Crippen LogP contribution in [0.3, 0.4) is 0 Å². The van der Waals surface area contributed by atoms with Gasteiger partial charge in [0.15, 0.2) is 0 Å². The minimum absolute atomic E-state index is 0.0275. The number of rotatable bonds is 6. The van der Waals surface area contributed by atoms with Gasteiger partial charge < -0.3 is 14.8 Å². The van der Waals surface area contributed by atoms with E-state index in [2.05, 4.69) is 10.4 Å². The number of methoxy groups -OCH3 is 2. The summed E-state index contributed by atoms with van der Waals surface area (Å²) in [5.41, 5.74) is 2.59. The maximum Gasteiger partial charge on any atom is 0.226 e. The molecule has 2 aromatic rings. The number of anilines is 1. The molecule has 0 saturated carbocycles. The van der Waals surface area contributed by atoms with E-state index in [-0.39, 0.29) is 11.9 Å². The topological polar surface area (TPSA) is 65.4 Å². The Morgan fingerprint density at radius 3 is 2.57 bits per heavy atom. The van der Waals surface area contributed by atoms with Crippen molar-refractivity contribution in [2.75, 3.05) is 19.5 Å². The largest absolute Gasteiger partial charge is 0.497 e. The van der Waals surface area contributed by atoms with Crippen LogP contribution < -0.4 is 14.8 Å². The Labute approximate surface area is 136 Å². The number of hydrogen-bond donors (Lipinski definition) is 1. The van der Waals surface area contributed by atoms with E-state index in [0.29, 0.717) is 23.6 Å². The van der Waals surface area contributed by atoms with Crippen molar-refractivity contribution in [1.29, 1.82) is 0 Å². The molecule has 1 N–H and O–H groups in total. The minimum Gasteiger partial charge on any atom is -0.497 e. The molecule has 1 aromatic carbocycles. The number of nitrogens with one attached hydrogen (secondary N) is 1. The maximum absolute atomic E-state index is 12.3. The molecule has 6 heteroatoms. The predicted molar refractivity (Wildman–Crippen MR) is 89.2 cm³/mol. The number of aromatic nitrogens is 2. The zero-order valence-electron chi connectivity index (χ0n) is 14.2. The number of amides is 1. The molecule has 0 bridgehead atoms. The van der Waals surface area contributed by atoms with Gasteiger partial charge in [0, 0.05) is 18.2 Å².